The highest BCUT2D eigenvalue weighted by atomic mass is 19.4. The van der Waals surface area contributed by atoms with Gasteiger partial charge in [0.2, 0.25) is 0 Å². The van der Waals surface area contributed by atoms with Crippen LogP contribution >= 0.6 is 0 Å². The van der Waals surface area contributed by atoms with Gasteiger partial charge in [0.15, 0.2) is 5.69 Å². The number of hydrogen-bond donors (Lipinski definition) is 1. The lowest BCUT2D eigenvalue weighted by molar-refractivity contribution is -0.141. The highest BCUT2D eigenvalue weighted by Gasteiger charge is 2.40. The second kappa shape index (κ2) is 6.46. The van der Waals surface area contributed by atoms with Crippen LogP contribution in [-0.4, -0.2) is 22.4 Å². The fourth-order valence-corrected chi connectivity index (χ4v) is 2.46. The zero-order chi connectivity index (χ0) is 18.0. The highest BCUT2D eigenvalue weighted by Crippen LogP contribution is 2.31. The number of aromatic nitrogens is 2. The number of hydrogen-bond acceptors (Lipinski definition) is 3. The predicted octanol–water partition coefficient (Wildman–Crippen LogP) is 3.29. The van der Waals surface area contributed by atoms with E-state index in [0.717, 1.165) is 4.40 Å². The van der Waals surface area contributed by atoms with Crippen LogP contribution in [0, 0.1) is 0 Å². The van der Waals surface area contributed by atoms with Gasteiger partial charge < -0.3 is 10.1 Å². The molecule has 0 atom stereocenters. The van der Waals surface area contributed by atoms with Crippen LogP contribution in [0.2, 0.25) is 0 Å². The van der Waals surface area contributed by atoms with Crippen molar-refractivity contribution in [3.05, 3.63) is 65.6 Å². The van der Waals surface area contributed by atoms with Crippen LogP contribution in [0.3, 0.4) is 0 Å². The molecule has 0 fully saturated rings. The maximum Gasteiger partial charge on any atom is 0.435 e. The molecule has 1 amide bonds. The van der Waals surface area contributed by atoms with Gasteiger partial charge in [-0.15, -0.1) is 0 Å². The van der Waals surface area contributed by atoms with E-state index in [1.54, 1.807) is 30.3 Å². The van der Waals surface area contributed by atoms with Crippen molar-refractivity contribution >= 4 is 11.6 Å². The Labute approximate surface area is 141 Å². The Balaban J connectivity index is 1.91. The van der Waals surface area contributed by atoms with Gasteiger partial charge in [0.05, 0.1) is 7.11 Å². The molecule has 3 aromatic rings. The Morgan fingerprint density at radius 1 is 1.24 bits per heavy atom. The molecule has 3 rings (SSSR count). The van der Waals surface area contributed by atoms with E-state index in [4.69, 9.17) is 4.74 Å². The molecule has 0 aliphatic heterocycles. The smallest absolute Gasteiger partial charge is 0.435 e. The molecule has 0 spiro atoms. The molecule has 0 saturated heterocycles. The minimum atomic E-state index is -4.73. The van der Waals surface area contributed by atoms with Gasteiger partial charge in [0.25, 0.3) is 5.91 Å². The van der Waals surface area contributed by atoms with Gasteiger partial charge in [-0.1, -0.05) is 18.2 Å². The fourth-order valence-electron chi connectivity index (χ4n) is 2.46. The van der Waals surface area contributed by atoms with Crippen LogP contribution in [0.1, 0.15) is 21.7 Å². The number of rotatable bonds is 4. The van der Waals surface area contributed by atoms with E-state index in [9.17, 15) is 18.0 Å². The van der Waals surface area contributed by atoms with Gasteiger partial charge in [-0.05, 0) is 29.8 Å². The van der Waals surface area contributed by atoms with Gasteiger partial charge in [0, 0.05) is 12.7 Å². The number of nitrogens with one attached hydrogen (secondary N) is 1. The summed E-state index contributed by atoms with van der Waals surface area (Å²) in [5, 5.41) is 2.50. The van der Waals surface area contributed by atoms with Crippen molar-refractivity contribution in [2.45, 2.75) is 12.7 Å². The molecule has 0 unspecified atom stereocenters. The number of alkyl halides is 3. The van der Waals surface area contributed by atoms with Crippen molar-refractivity contribution in [2.24, 2.45) is 0 Å². The van der Waals surface area contributed by atoms with Gasteiger partial charge in [0.1, 0.15) is 17.1 Å². The summed E-state index contributed by atoms with van der Waals surface area (Å²) in [6.07, 6.45) is -3.35. The second-order valence-corrected chi connectivity index (χ2v) is 5.27. The molecule has 0 saturated carbocycles. The Bertz CT molecular complexity index is 919. The minimum absolute atomic E-state index is 0.0568. The summed E-state index contributed by atoms with van der Waals surface area (Å²) in [6.45, 7) is 0.0629. The standard InChI is InChI=1S/C17H14F3N3O2/c1-25-12-6-4-5-11(9-12)10-21-16(24)14-15(17(18,19)20)22-13-7-2-3-8-23(13)14/h2-9H,10H2,1H3,(H,21,24). The van der Waals surface area contributed by atoms with Crippen molar-refractivity contribution in [1.29, 1.82) is 0 Å². The summed E-state index contributed by atoms with van der Waals surface area (Å²) in [6, 6.07) is 11.4. The lowest BCUT2D eigenvalue weighted by Crippen LogP contribution is -2.27. The molecule has 130 valence electrons. The molecule has 25 heavy (non-hydrogen) atoms. The van der Waals surface area contributed by atoms with Crippen molar-refractivity contribution in [3.63, 3.8) is 0 Å². The number of amides is 1. The topological polar surface area (TPSA) is 55.6 Å². The molecule has 0 radical (unpaired) electrons. The first-order chi connectivity index (χ1) is 11.9. The van der Waals surface area contributed by atoms with Crippen LogP contribution in [0.4, 0.5) is 13.2 Å². The summed E-state index contributed by atoms with van der Waals surface area (Å²) in [7, 11) is 1.51. The van der Waals surface area contributed by atoms with E-state index >= 15 is 0 Å². The maximum absolute atomic E-state index is 13.2. The molecule has 0 bridgehead atoms. The highest BCUT2D eigenvalue weighted by molar-refractivity contribution is 5.94. The number of carbonyl (C=O) groups excluding carboxylic acids is 1. The number of ether oxygens (including phenoxy) is 1. The first-order valence-electron chi connectivity index (χ1n) is 7.35. The Morgan fingerprint density at radius 2 is 2.04 bits per heavy atom. The number of halogens is 3. The third-order valence-electron chi connectivity index (χ3n) is 3.60. The zero-order valence-electron chi connectivity index (χ0n) is 13.2. The van der Waals surface area contributed by atoms with Crippen LogP contribution < -0.4 is 10.1 Å². The van der Waals surface area contributed by atoms with E-state index in [-0.39, 0.29) is 12.2 Å². The minimum Gasteiger partial charge on any atom is -0.497 e. The monoisotopic (exact) mass is 349 g/mol. The van der Waals surface area contributed by atoms with Crippen LogP contribution in [0.5, 0.6) is 5.75 Å². The number of pyridine rings is 1. The van der Waals surface area contributed by atoms with E-state index < -0.39 is 23.5 Å². The SMILES string of the molecule is COc1cccc(CNC(=O)c2c(C(F)(F)F)nc3ccccn23)c1. The molecule has 0 aliphatic rings. The largest absolute Gasteiger partial charge is 0.497 e. The van der Waals surface area contributed by atoms with Crippen LogP contribution in [-0.2, 0) is 12.7 Å². The van der Waals surface area contributed by atoms with Crippen molar-refractivity contribution < 1.29 is 22.7 Å². The quantitative estimate of drug-likeness (QED) is 0.786. The Kier molecular flexibility index (Phi) is 4.35. The first kappa shape index (κ1) is 16.8. The third kappa shape index (κ3) is 3.42. The molecular formula is C17H14F3N3O2. The van der Waals surface area contributed by atoms with Gasteiger partial charge in [-0.2, -0.15) is 13.2 Å². The number of nitrogens with zero attached hydrogens (tertiary/aromatic N) is 2. The summed E-state index contributed by atoms with van der Waals surface area (Å²) in [4.78, 5) is 16.0. The molecular weight excluding hydrogens is 335 g/mol. The number of benzene rings is 1. The van der Waals surface area contributed by atoms with E-state index in [1.807, 2.05) is 0 Å². The summed E-state index contributed by atoms with van der Waals surface area (Å²) in [5.41, 5.74) is -0.982. The number of methoxy groups -OCH3 is 1. The summed E-state index contributed by atoms with van der Waals surface area (Å²) < 4.78 is 45.9. The van der Waals surface area contributed by atoms with Crippen LogP contribution in [0.15, 0.2) is 48.7 Å². The molecule has 5 nitrogen and oxygen atoms in total. The number of carbonyl (C=O) groups is 1. The molecule has 2 aromatic heterocycles. The molecule has 2 heterocycles. The van der Waals surface area contributed by atoms with Crippen molar-refractivity contribution in [3.8, 4) is 5.75 Å². The van der Waals surface area contributed by atoms with Gasteiger partial charge in [-0.25, -0.2) is 4.98 Å². The van der Waals surface area contributed by atoms with Crippen molar-refractivity contribution in [2.75, 3.05) is 7.11 Å². The van der Waals surface area contributed by atoms with E-state index in [1.165, 1.54) is 25.4 Å². The zero-order valence-corrected chi connectivity index (χ0v) is 13.2. The fraction of sp³-hybridized carbons (Fsp3) is 0.176. The summed E-state index contributed by atoms with van der Waals surface area (Å²) >= 11 is 0. The van der Waals surface area contributed by atoms with Gasteiger partial charge in [-0.3, -0.25) is 9.20 Å². The maximum atomic E-state index is 13.2. The van der Waals surface area contributed by atoms with Gasteiger partial charge >= 0.3 is 6.18 Å². The number of imidazole rings is 1. The average molecular weight is 349 g/mol. The number of fused-ring (bicyclic) bond motifs is 1. The Morgan fingerprint density at radius 3 is 2.76 bits per heavy atom. The summed E-state index contributed by atoms with van der Waals surface area (Å²) in [5.74, 6) is -0.258. The third-order valence-corrected chi connectivity index (χ3v) is 3.60. The molecule has 0 aliphatic carbocycles. The first-order valence-corrected chi connectivity index (χ1v) is 7.35. The van der Waals surface area contributed by atoms with E-state index in [0.29, 0.717) is 11.3 Å². The second-order valence-electron chi connectivity index (χ2n) is 5.27. The normalized spacial score (nSPS) is 11.5. The van der Waals surface area contributed by atoms with Crippen LogP contribution in [0.25, 0.3) is 5.65 Å². The molecule has 1 N–H and O–H groups in total. The predicted molar refractivity (Wildman–Crippen MR) is 84.4 cm³/mol. The molecule has 8 heteroatoms. The average Bonchev–Trinajstić information content (AvgIpc) is 3.00. The van der Waals surface area contributed by atoms with E-state index in [2.05, 4.69) is 10.3 Å². The molecule has 1 aromatic carbocycles. The van der Waals surface area contributed by atoms with Crippen molar-refractivity contribution in [1.82, 2.24) is 14.7 Å². The Hall–Kier alpha value is -3.03. The lowest BCUT2D eigenvalue weighted by Gasteiger charge is -2.09. The lowest BCUT2D eigenvalue weighted by atomic mass is 10.2.